The second-order valence-corrected chi connectivity index (χ2v) is 4.73. The lowest BCUT2D eigenvalue weighted by Gasteiger charge is -2.22. The molecule has 0 bridgehead atoms. The molecule has 0 aliphatic rings. The lowest BCUT2D eigenvalue weighted by atomic mass is 10.1. The second kappa shape index (κ2) is 6.73. The normalized spacial score (nSPS) is 13.8. The Morgan fingerprint density at radius 3 is 2.32 bits per heavy atom. The van der Waals surface area contributed by atoms with Gasteiger partial charge in [0.2, 0.25) is 0 Å². The molecule has 1 aromatic carbocycles. The summed E-state index contributed by atoms with van der Waals surface area (Å²) in [6.07, 6.45) is -15.0. The van der Waals surface area contributed by atoms with Gasteiger partial charge in [0.15, 0.2) is 0 Å². The van der Waals surface area contributed by atoms with Crippen LogP contribution in [0, 0.1) is 0 Å². The Morgan fingerprint density at radius 1 is 1.27 bits per heavy atom. The first-order valence-corrected chi connectivity index (χ1v) is 6.15. The molecule has 11 heteroatoms. The van der Waals surface area contributed by atoms with E-state index >= 15 is 0 Å². The summed E-state index contributed by atoms with van der Waals surface area (Å²) in [6.45, 7) is 0. The molecule has 0 amide bonds. The molecule has 1 atom stereocenters. The highest BCUT2D eigenvalue weighted by molar-refractivity contribution is 9.10. The predicted molar refractivity (Wildman–Crippen MR) is 63.1 cm³/mol. The number of carboxylic acid groups (broad SMARTS) is 1. The van der Waals surface area contributed by atoms with Gasteiger partial charge in [0.1, 0.15) is 5.75 Å². The molecule has 1 aromatic rings. The van der Waals surface area contributed by atoms with E-state index in [0.717, 1.165) is 18.2 Å². The third-order valence-electron chi connectivity index (χ3n) is 2.10. The molecule has 1 rings (SSSR count). The van der Waals surface area contributed by atoms with Crippen molar-refractivity contribution in [3.05, 3.63) is 28.2 Å². The zero-order chi connectivity index (χ0) is 17.1. The molecule has 0 fully saturated rings. The first-order chi connectivity index (χ1) is 9.90. The second-order valence-electron chi connectivity index (χ2n) is 3.88. The zero-order valence-corrected chi connectivity index (χ0v) is 11.9. The summed E-state index contributed by atoms with van der Waals surface area (Å²) in [5.41, 5.74) is 0.207. The standard InChI is InChI=1S/C11H7BrF6O4/c12-6-3-5(4-8(19)20)1-2-7(6)21-10(14,15)9(13)22-11(16,17)18/h1-3,9H,4H2,(H,19,20). The number of hydrogen-bond acceptors (Lipinski definition) is 3. The molecule has 0 saturated heterocycles. The van der Waals surface area contributed by atoms with Gasteiger partial charge in [-0.25, -0.2) is 9.13 Å². The first kappa shape index (κ1) is 18.6. The minimum Gasteiger partial charge on any atom is -0.481 e. The Labute approximate surface area is 127 Å². The van der Waals surface area contributed by atoms with Crippen molar-refractivity contribution in [1.82, 2.24) is 0 Å². The van der Waals surface area contributed by atoms with Gasteiger partial charge in [-0.2, -0.15) is 8.78 Å². The summed E-state index contributed by atoms with van der Waals surface area (Å²) in [4.78, 5) is 10.5. The maximum Gasteiger partial charge on any atom is 0.525 e. The first-order valence-electron chi connectivity index (χ1n) is 5.36. The Kier molecular flexibility index (Phi) is 5.68. The molecule has 4 nitrogen and oxygen atoms in total. The number of ether oxygens (including phenoxy) is 2. The van der Waals surface area contributed by atoms with Crippen LogP contribution in [0.2, 0.25) is 0 Å². The van der Waals surface area contributed by atoms with Crippen LogP contribution in [-0.4, -0.2) is 29.9 Å². The summed E-state index contributed by atoms with van der Waals surface area (Å²) in [5.74, 6) is -1.87. The highest BCUT2D eigenvalue weighted by Crippen LogP contribution is 2.35. The van der Waals surface area contributed by atoms with E-state index in [1.54, 1.807) is 0 Å². The number of carboxylic acids is 1. The SMILES string of the molecule is O=C(O)Cc1ccc(OC(F)(F)C(F)OC(F)(F)F)c(Br)c1. The number of benzene rings is 1. The van der Waals surface area contributed by atoms with Crippen LogP contribution in [0.15, 0.2) is 22.7 Å². The van der Waals surface area contributed by atoms with Crippen molar-refractivity contribution in [3.8, 4) is 5.75 Å². The van der Waals surface area contributed by atoms with Gasteiger partial charge in [-0.3, -0.25) is 4.79 Å². The fourth-order valence-electron chi connectivity index (χ4n) is 1.29. The Hall–Kier alpha value is -1.49. The Bertz CT molecular complexity index is 548. The van der Waals surface area contributed by atoms with Crippen molar-refractivity contribution in [2.45, 2.75) is 25.2 Å². The van der Waals surface area contributed by atoms with Gasteiger partial charge in [0.25, 0.3) is 0 Å². The summed E-state index contributed by atoms with van der Waals surface area (Å²) in [6, 6.07) is 3.04. The summed E-state index contributed by atoms with van der Waals surface area (Å²) in [7, 11) is 0. The van der Waals surface area contributed by atoms with Crippen molar-refractivity contribution >= 4 is 21.9 Å². The van der Waals surface area contributed by atoms with E-state index in [-0.39, 0.29) is 10.0 Å². The lowest BCUT2D eigenvalue weighted by molar-refractivity contribution is -0.411. The van der Waals surface area contributed by atoms with E-state index in [1.807, 2.05) is 0 Å². The monoisotopic (exact) mass is 396 g/mol. The van der Waals surface area contributed by atoms with Crippen LogP contribution in [0.25, 0.3) is 0 Å². The molecule has 0 aromatic heterocycles. The molecule has 1 unspecified atom stereocenters. The van der Waals surface area contributed by atoms with Crippen LogP contribution in [0.5, 0.6) is 5.75 Å². The maximum atomic E-state index is 13.2. The molecule has 22 heavy (non-hydrogen) atoms. The molecule has 0 heterocycles. The largest absolute Gasteiger partial charge is 0.525 e. The minimum atomic E-state index is -5.60. The highest BCUT2D eigenvalue weighted by Gasteiger charge is 2.50. The van der Waals surface area contributed by atoms with Crippen LogP contribution in [0.1, 0.15) is 5.56 Å². The third kappa shape index (κ3) is 5.72. The number of rotatable bonds is 6. The number of aliphatic carboxylic acids is 1. The molecule has 1 N–H and O–H groups in total. The summed E-state index contributed by atoms with van der Waals surface area (Å²) < 4.78 is 80.6. The van der Waals surface area contributed by atoms with Gasteiger partial charge in [-0.15, -0.1) is 13.2 Å². The van der Waals surface area contributed by atoms with Crippen molar-refractivity contribution in [1.29, 1.82) is 0 Å². The van der Waals surface area contributed by atoms with Gasteiger partial charge < -0.3 is 9.84 Å². The minimum absolute atomic E-state index is 0.190. The van der Waals surface area contributed by atoms with E-state index in [4.69, 9.17) is 5.11 Å². The van der Waals surface area contributed by atoms with Gasteiger partial charge in [0.05, 0.1) is 10.9 Å². The highest BCUT2D eigenvalue weighted by atomic mass is 79.9. The Morgan fingerprint density at radius 2 is 1.86 bits per heavy atom. The van der Waals surface area contributed by atoms with Crippen LogP contribution < -0.4 is 4.74 Å². The molecule has 0 saturated carbocycles. The van der Waals surface area contributed by atoms with Crippen molar-refractivity contribution in [2.24, 2.45) is 0 Å². The fourth-order valence-corrected chi connectivity index (χ4v) is 1.80. The average Bonchev–Trinajstić information content (AvgIpc) is 2.29. The molecular weight excluding hydrogens is 390 g/mol. The number of halogens is 7. The molecule has 124 valence electrons. The number of carbonyl (C=O) groups is 1. The van der Waals surface area contributed by atoms with Gasteiger partial charge >= 0.3 is 24.8 Å². The molecule has 0 spiro atoms. The topological polar surface area (TPSA) is 55.8 Å². The zero-order valence-electron chi connectivity index (χ0n) is 10.3. The van der Waals surface area contributed by atoms with E-state index < -0.39 is 37.0 Å². The quantitative estimate of drug-likeness (QED) is 0.741. The van der Waals surface area contributed by atoms with Crippen molar-refractivity contribution < 1.29 is 45.7 Å². The molecular formula is C11H7BrF6O4. The lowest BCUT2D eigenvalue weighted by Crippen LogP contribution is -2.41. The summed E-state index contributed by atoms with van der Waals surface area (Å²) in [5, 5.41) is 8.56. The predicted octanol–water partition coefficient (Wildman–Crippen LogP) is 3.88. The fraction of sp³-hybridized carbons (Fsp3) is 0.364. The Balaban J connectivity index is 2.86. The van der Waals surface area contributed by atoms with Crippen molar-refractivity contribution in [2.75, 3.05) is 0 Å². The van der Waals surface area contributed by atoms with Crippen LogP contribution in [0.4, 0.5) is 26.3 Å². The van der Waals surface area contributed by atoms with E-state index in [1.165, 1.54) is 0 Å². The van der Waals surface area contributed by atoms with E-state index in [0.29, 0.717) is 0 Å². The smallest absolute Gasteiger partial charge is 0.481 e. The molecule has 0 aliphatic carbocycles. The number of alkyl halides is 6. The van der Waals surface area contributed by atoms with E-state index in [2.05, 4.69) is 25.4 Å². The summed E-state index contributed by atoms with van der Waals surface area (Å²) >= 11 is 2.76. The van der Waals surface area contributed by atoms with E-state index in [9.17, 15) is 31.1 Å². The molecule has 0 aliphatic heterocycles. The van der Waals surface area contributed by atoms with Crippen molar-refractivity contribution in [3.63, 3.8) is 0 Å². The van der Waals surface area contributed by atoms with Crippen LogP contribution in [-0.2, 0) is 16.0 Å². The molecule has 0 radical (unpaired) electrons. The third-order valence-corrected chi connectivity index (χ3v) is 2.72. The van der Waals surface area contributed by atoms with Gasteiger partial charge in [0, 0.05) is 0 Å². The van der Waals surface area contributed by atoms with Crippen LogP contribution >= 0.6 is 15.9 Å². The van der Waals surface area contributed by atoms with Gasteiger partial charge in [-0.05, 0) is 33.6 Å². The number of hydrogen-bond donors (Lipinski definition) is 1. The van der Waals surface area contributed by atoms with Gasteiger partial charge in [-0.1, -0.05) is 6.07 Å². The average molecular weight is 397 g/mol. The van der Waals surface area contributed by atoms with Crippen LogP contribution in [0.3, 0.4) is 0 Å². The maximum absolute atomic E-state index is 13.2.